The molecule has 4 N–H and O–H groups in total. The van der Waals surface area contributed by atoms with E-state index in [1.54, 1.807) is 6.33 Å². The van der Waals surface area contributed by atoms with Gasteiger partial charge in [-0.3, -0.25) is 4.90 Å². The van der Waals surface area contributed by atoms with E-state index in [-0.39, 0.29) is 0 Å². The van der Waals surface area contributed by atoms with Crippen LogP contribution in [0.25, 0.3) is 11.0 Å². The molecule has 0 aliphatic carbocycles. The van der Waals surface area contributed by atoms with Gasteiger partial charge in [-0.05, 0) is 49.7 Å². The summed E-state index contributed by atoms with van der Waals surface area (Å²) in [6, 6.07) is 8.09. The van der Waals surface area contributed by atoms with E-state index in [1.165, 1.54) is 5.56 Å². The van der Waals surface area contributed by atoms with Crippen LogP contribution in [0.15, 0.2) is 36.8 Å². The second kappa shape index (κ2) is 7.16. The molecule has 6 heteroatoms. The smallest absolute Gasteiger partial charge is 0.143 e. The summed E-state index contributed by atoms with van der Waals surface area (Å²) >= 11 is 0. The Morgan fingerprint density at radius 2 is 2.15 bits per heavy atom. The second-order valence-corrected chi connectivity index (χ2v) is 6.72. The van der Waals surface area contributed by atoms with E-state index >= 15 is 0 Å². The Labute approximate surface area is 152 Å². The Morgan fingerprint density at radius 1 is 1.31 bits per heavy atom. The zero-order chi connectivity index (χ0) is 17.9. The summed E-state index contributed by atoms with van der Waals surface area (Å²) in [4.78, 5) is 14.5. The van der Waals surface area contributed by atoms with Crippen LogP contribution in [0.4, 0.5) is 11.5 Å². The first kappa shape index (κ1) is 16.6. The molecule has 3 aromatic rings. The van der Waals surface area contributed by atoms with E-state index in [9.17, 15) is 0 Å². The summed E-state index contributed by atoms with van der Waals surface area (Å²) in [7, 11) is 0. The van der Waals surface area contributed by atoms with Crippen LogP contribution in [-0.4, -0.2) is 39.0 Å². The van der Waals surface area contributed by atoms with Crippen molar-refractivity contribution >= 4 is 22.5 Å². The number of piperidine rings is 1. The Bertz CT molecular complexity index is 946. The molecule has 2 aromatic heterocycles. The van der Waals surface area contributed by atoms with Crippen molar-refractivity contribution in [1.29, 1.82) is 0 Å². The van der Waals surface area contributed by atoms with Crippen molar-refractivity contribution in [2.75, 3.05) is 18.4 Å². The van der Waals surface area contributed by atoms with E-state index < -0.39 is 0 Å². The largest absolute Gasteiger partial charge is 0.346 e. The van der Waals surface area contributed by atoms with Gasteiger partial charge in [-0.25, -0.2) is 9.97 Å². The van der Waals surface area contributed by atoms with Gasteiger partial charge in [0.05, 0.1) is 5.39 Å². The first-order valence-electron chi connectivity index (χ1n) is 8.85. The Kier molecular flexibility index (Phi) is 4.57. The summed E-state index contributed by atoms with van der Waals surface area (Å²) in [6.45, 7) is 2.90. The van der Waals surface area contributed by atoms with Gasteiger partial charge in [0, 0.05) is 30.0 Å². The predicted molar refractivity (Wildman–Crippen MR) is 104 cm³/mol. The molecule has 3 heterocycles. The van der Waals surface area contributed by atoms with Crippen LogP contribution in [0.5, 0.6) is 0 Å². The number of hydrogen-bond acceptors (Lipinski definition) is 5. The zero-order valence-electron chi connectivity index (χ0n) is 14.6. The van der Waals surface area contributed by atoms with E-state index in [1.807, 2.05) is 30.5 Å². The molecule has 26 heavy (non-hydrogen) atoms. The van der Waals surface area contributed by atoms with Gasteiger partial charge >= 0.3 is 0 Å². The molecule has 1 fully saturated rings. The highest BCUT2D eigenvalue weighted by atomic mass is 15.1. The molecule has 0 radical (unpaired) electrons. The van der Waals surface area contributed by atoms with Gasteiger partial charge in [0.25, 0.3) is 0 Å². The lowest BCUT2D eigenvalue weighted by Crippen LogP contribution is -2.39. The number of terminal acetylenes is 1. The first-order chi connectivity index (χ1) is 12.7. The number of aromatic amines is 1. The van der Waals surface area contributed by atoms with Gasteiger partial charge in [-0.15, -0.1) is 6.42 Å². The van der Waals surface area contributed by atoms with Crippen molar-refractivity contribution in [3.8, 4) is 12.3 Å². The van der Waals surface area contributed by atoms with Crippen LogP contribution in [0.2, 0.25) is 0 Å². The number of H-pyrrole nitrogens is 1. The molecule has 4 rings (SSSR count). The molecule has 0 bridgehead atoms. The number of likely N-dealkylation sites (tertiary alicyclic amines) is 1. The normalized spacial score (nSPS) is 15.8. The minimum Gasteiger partial charge on any atom is -0.346 e. The second-order valence-electron chi connectivity index (χ2n) is 6.72. The van der Waals surface area contributed by atoms with Crippen molar-refractivity contribution in [1.82, 2.24) is 19.9 Å². The molecule has 0 atom stereocenters. The van der Waals surface area contributed by atoms with Crippen LogP contribution in [-0.2, 0) is 6.54 Å². The maximum atomic E-state index is 6.02. The number of aromatic nitrogens is 3. The number of nitrogens with two attached hydrogens (primary N) is 1. The average Bonchev–Trinajstić information content (AvgIpc) is 3.08. The third-order valence-electron chi connectivity index (χ3n) is 4.87. The SMILES string of the molecule is C#Cc1cccc(Nc2ncnc3[nH]cc(CN4CCC(N)CC4)c23)c1. The minimum atomic E-state index is 0.332. The Balaban J connectivity index is 1.63. The number of nitrogens with one attached hydrogen (secondary N) is 2. The fourth-order valence-electron chi connectivity index (χ4n) is 3.42. The van der Waals surface area contributed by atoms with E-state index in [0.717, 1.165) is 60.6 Å². The van der Waals surface area contributed by atoms with Crippen molar-refractivity contribution in [2.24, 2.45) is 5.73 Å². The summed E-state index contributed by atoms with van der Waals surface area (Å²) < 4.78 is 0. The molecule has 1 aliphatic rings. The molecule has 6 nitrogen and oxygen atoms in total. The van der Waals surface area contributed by atoms with Gasteiger partial charge in [0.2, 0.25) is 0 Å². The van der Waals surface area contributed by atoms with Crippen LogP contribution in [0.1, 0.15) is 24.0 Å². The number of rotatable bonds is 4. The number of fused-ring (bicyclic) bond motifs is 1. The molecule has 0 spiro atoms. The maximum absolute atomic E-state index is 6.02. The summed E-state index contributed by atoms with van der Waals surface area (Å²) in [6.07, 6.45) is 11.2. The van der Waals surface area contributed by atoms with E-state index in [4.69, 9.17) is 12.2 Å². The predicted octanol–water partition coefficient (Wildman–Crippen LogP) is 2.61. The lowest BCUT2D eigenvalue weighted by molar-refractivity contribution is 0.206. The fraction of sp³-hybridized carbons (Fsp3) is 0.300. The third-order valence-corrected chi connectivity index (χ3v) is 4.87. The van der Waals surface area contributed by atoms with E-state index in [2.05, 4.69) is 31.1 Å². The summed E-state index contributed by atoms with van der Waals surface area (Å²) in [5, 5.41) is 4.41. The number of hydrogen-bond donors (Lipinski definition) is 3. The topological polar surface area (TPSA) is 82.9 Å². The Morgan fingerprint density at radius 3 is 2.96 bits per heavy atom. The molecule has 1 aromatic carbocycles. The van der Waals surface area contributed by atoms with Gasteiger partial charge in [0.15, 0.2) is 0 Å². The standard InChI is InChI=1S/C20H22N6/c1-2-14-4-3-5-17(10-14)25-20-18-15(11-22-19(18)23-13-24-20)12-26-8-6-16(21)7-9-26/h1,3-5,10-11,13,16H,6-9,12,21H2,(H2,22,23,24,25). The number of nitrogens with zero attached hydrogens (tertiary/aromatic N) is 3. The van der Waals surface area contributed by atoms with Crippen molar-refractivity contribution in [3.63, 3.8) is 0 Å². The quantitative estimate of drug-likeness (QED) is 0.633. The lowest BCUT2D eigenvalue weighted by atomic mass is 10.1. The zero-order valence-corrected chi connectivity index (χ0v) is 14.6. The van der Waals surface area contributed by atoms with Crippen LogP contribution < -0.4 is 11.1 Å². The third kappa shape index (κ3) is 3.40. The van der Waals surface area contributed by atoms with Gasteiger partial charge in [0.1, 0.15) is 17.8 Å². The first-order valence-corrected chi connectivity index (χ1v) is 8.85. The maximum Gasteiger partial charge on any atom is 0.143 e. The molecule has 132 valence electrons. The van der Waals surface area contributed by atoms with Crippen LogP contribution >= 0.6 is 0 Å². The molecule has 1 aliphatic heterocycles. The molecular weight excluding hydrogens is 324 g/mol. The lowest BCUT2D eigenvalue weighted by Gasteiger charge is -2.29. The summed E-state index contributed by atoms with van der Waals surface area (Å²) in [5.74, 6) is 3.44. The molecular formula is C20H22N6. The van der Waals surface area contributed by atoms with Gasteiger partial charge in [-0.1, -0.05) is 12.0 Å². The number of benzene rings is 1. The summed E-state index contributed by atoms with van der Waals surface area (Å²) in [5.41, 5.74) is 9.78. The highest BCUT2D eigenvalue weighted by Gasteiger charge is 2.19. The minimum absolute atomic E-state index is 0.332. The van der Waals surface area contributed by atoms with Crippen LogP contribution in [0.3, 0.4) is 0 Å². The number of anilines is 2. The van der Waals surface area contributed by atoms with Crippen molar-refractivity contribution in [3.05, 3.63) is 47.9 Å². The fourth-order valence-corrected chi connectivity index (χ4v) is 3.42. The Hall–Kier alpha value is -2.88. The molecule has 0 amide bonds. The van der Waals surface area contributed by atoms with Gasteiger partial charge < -0.3 is 16.0 Å². The van der Waals surface area contributed by atoms with Gasteiger partial charge in [-0.2, -0.15) is 0 Å². The molecule has 0 saturated carbocycles. The van der Waals surface area contributed by atoms with Crippen LogP contribution in [0, 0.1) is 12.3 Å². The molecule has 1 saturated heterocycles. The van der Waals surface area contributed by atoms with E-state index in [0.29, 0.717) is 6.04 Å². The average molecular weight is 346 g/mol. The highest BCUT2D eigenvalue weighted by molar-refractivity contribution is 5.92. The monoisotopic (exact) mass is 346 g/mol. The molecule has 0 unspecified atom stereocenters. The highest BCUT2D eigenvalue weighted by Crippen LogP contribution is 2.28. The van der Waals surface area contributed by atoms with Crippen molar-refractivity contribution in [2.45, 2.75) is 25.4 Å². The van der Waals surface area contributed by atoms with Crippen molar-refractivity contribution < 1.29 is 0 Å².